The van der Waals surface area contributed by atoms with Crippen molar-refractivity contribution in [2.45, 2.75) is 105 Å². The number of fused-ring (bicyclic) bond motifs is 12. The lowest BCUT2D eigenvalue weighted by molar-refractivity contribution is 0.590. The summed E-state index contributed by atoms with van der Waals surface area (Å²) in [7, 11) is 0. The monoisotopic (exact) mass is 632 g/mol. The van der Waals surface area contributed by atoms with Gasteiger partial charge < -0.3 is 10.0 Å². The van der Waals surface area contributed by atoms with Crippen LogP contribution in [-0.2, 0) is 21.7 Å². The van der Waals surface area contributed by atoms with Crippen molar-refractivity contribution >= 4 is 78.8 Å². The first kappa shape index (κ1) is 32.9. The predicted octanol–water partition coefficient (Wildman–Crippen LogP) is 8.00. The Morgan fingerprint density at radius 3 is 0.667 bits per heavy atom. The topological polar surface area (TPSA) is 40.5 Å². The van der Waals surface area contributed by atoms with Gasteiger partial charge in [0.05, 0.1) is 0 Å². The summed E-state index contributed by atoms with van der Waals surface area (Å²) in [4.78, 5) is 0. The van der Waals surface area contributed by atoms with Crippen LogP contribution in [0.1, 0.15) is 105 Å². The molecular weight excluding hydrogens is 582 g/mol. The SMILES string of the molecule is CC(C)(C)c1ccc2c3c(c4ccc(C(C)(C)C)cc4c2c1)B(O)c1c(c2ccc(C(C)(C)C)cc2c2cc(C(C)(C)C)ccc12)B3O. The number of benzene rings is 6. The van der Waals surface area contributed by atoms with E-state index < -0.39 is 13.8 Å². The second-order valence-electron chi connectivity index (χ2n) is 18.5. The van der Waals surface area contributed by atoms with Crippen LogP contribution in [0.2, 0.25) is 0 Å². The fourth-order valence-corrected chi connectivity index (χ4v) is 7.92. The summed E-state index contributed by atoms with van der Waals surface area (Å²) in [5.41, 5.74) is 8.19. The maximum Gasteiger partial charge on any atom is 0.359 e. The fourth-order valence-electron chi connectivity index (χ4n) is 7.92. The molecule has 6 aromatic carbocycles. The third kappa shape index (κ3) is 5.02. The molecule has 1 heterocycles. The molecule has 0 fully saturated rings. The lowest BCUT2D eigenvalue weighted by atomic mass is 9.34. The van der Waals surface area contributed by atoms with E-state index in [4.69, 9.17) is 0 Å². The number of hydrogen-bond acceptors (Lipinski definition) is 2. The highest BCUT2D eigenvalue weighted by atomic mass is 16.2. The number of rotatable bonds is 0. The molecule has 0 spiro atoms. The van der Waals surface area contributed by atoms with Gasteiger partial charge in [0, 0.05) is 0 Å². The van der Waals surface area contributed by atoms with Crippen LogP contribution >= 0.6 is 0 Å². The van der Waals surface area contributed by atoms with Crippen LogP contribution in [0.3, 0.4) is 0 Å². The van der Waals surface area contributed by atoms with Gasteiger partial charge >= 0.3 is 13.8 Å². The molecule has 1 aliphatic heterocycles. The second kappa shape index (κ2) is 10.5. The Morgan fingerprint density at radius 2 is 0.500 bits per heavy atom. The molecule has 244 valence electrons. The highest BCUT2D eigenvalue weighted by Crippen LogP contribution is 2.36. The van der Waals surface area contributed by atoms with Gasteiger partial charge in [0.1, 0.15) is 0 Å². The summed E-state index contributed by atoms with van der Waals surface area (Å²) >= 11 is 0. The van der Waals surface area contributed by atoms with E-state index in [0.29, 0.717) is 0 Å². The summed E-state index contributed by atoms with van der Waals surface area (Å²) in [5, 5.41) is 34.1. The smallest absolute Gasteiger partial charge is 0.359 e. The highest BCUT2D eigenvalue weighted by Gasteiger charge is 2.42. The Balaban J connectivity index is 1.65. The van der Waals surface area contributed by atoms with Crippen molar-refractivity contribution in [1.29, 1.82) is 0 Å². The standard InChI is InChI=1S/C44H50B2O2/c1-41(2,3)25-13-17-29-33(21-25)34-22-26(42(4,5)6)14-18-30(34)38-37(29)45(47)39-31-19-15-27(43(7,8)9)23-35(31)36-24-28(44(10,11)12)16-20-32(36)40(39)46(38)48/h13-24,47-48H,1-12H3. The van der Waals surface area contributed by atoms with Gasteiger partial charge in [0.2, 0.25) is 0 Å². The van der Waals surface area contributed by atoms with Gasteiger partial charge in [-0.15, -0.1) is 0 Å². The second-order valence-corrected chi connectivity index (χ2v) is 18.5. The first-order valence-corrected chi connectivity index (χ1v) is 17.6. The molecule has 2 nitrogen and oxygen atoms in total. The van der Waals surface area contributed by atoms with Crippen LogP contribution in [0.5, 0.6) is 0 Å². The van der Waals surface area contributed by atoms with E-state index in [-0.39, 0.29) is 21.7 Å². The summed E-state index contributed by atoms with van der Waals surface area (Å²) < 4.78 is 0. The molecule has 1 aliphatic rings. The fraction of sp³-hybridized carbons (Fsp3) is 0.364. The van der Waals surface area contributed by atoms with Crippen molar-refractivity contribution in [1.82, 2.24) is 0 Å². The lowest BCUT2D eigenvalue weighted by Crippen LogP contribution is -2.69. The molecule has 0 aliphatic carbocycles. The zero-order valence-corrected chi connectivity index (χ0v) is 31.0. The van der Waals surface area contributed by atoms with Crippen LogP contribution in [0.4, 0.5) is 0 Å². The maximum atomic E-state index is 12.8. The summed E-state index contributed by atoms with van der Waals surface area (Å²) in [6, 6.07) is 26.9. The zero-order chi connectivity index (χ0) is 34.9. The third-order valence-corrected chi connectivity index (χ3v) is 11.0. The maximum absolute atomic E-state index is 12.8. The Morgan fingerprint density at radius 1 is 0.312 bits per heavy atom. The van der Waals surface area contributed by atoms with E-state index in [9.17, 15) is 10.0 Å². The molecule has 4 heteroatoms. The van der Waals surface area contributed by atoms with Gasteiger partial charge in [-0.05, 0) is 109 Å². The molecule has 0 saturated carbocycles. The molecule has 0 saturated heterocycles. The first-order chi connectivity index (χ1) is 22.2. The number of hydrogen-bond donors (Lipinski definition) is 2. The van der Waals surface area contributed by atoms with Crippen molar-refractivity contribution in [3.05, 3.63) is 95.1 Å². The van der Waals surface area contributed by atoms with Gasteiger partial charge in [0.25, 0.3) is 0 Å². The molecule has 0 radical (unpaired) electrons. The minimum absolute atomic E-state index is 0.0332. The van der Waals surface area contributed by atoms with E-state index in [1.54, 1.807) is 0 Å². The minimum atomic E-state index is -0.900. The van der Waals surface area contributed by atoms with Gasteiger partial charge in [0.15, 0.2) is 0 Å². The van der Waals surface area contributed by atoms with Crippen molar-refractivity contribution in [2.24, 2.45) is 0 Å². The van der Waals surface area contributed by atoms with Crippen molar-refractivity contribution < 1.29 is 10.0 Å². The van der Waals surface area contributed by atoms with Gasteiger partial charge in [-0.1, -0.05) is 156 Å². The average molecular weight is 633 g/mol. The Hall–Kier alpha value is -3.59. The van der Waals surface area contributed by atoms with Crippen molar-refractivity contribution in [3.63, 3.8) is 0 Å². The molecule has 6 aromatic rings. The molecule has 0 amide bonds. The molecule has 0 bridgehead atoms. The normalized spacial score (nSPS) is 14.4. The Kier molecular flexibility index (Phi) is 7.17. The summed E-state index contributed by atoms with van der Waals surface area (Å²) in [6.45, 7) is 25.2. The van der Waals surface area contributed by atoms with Gasteiger partial charge in [-0.2, -0.15) is 0 Å². The van der Waals surface area contributed by atoms with E-state index >= 15 is 0 Å². The third-order valence-electron chi connectivity index (χ3n) is 11.0. The lowest BCUT2D eigenvalue weighted by Gasteiger charge is -2.32. The van der Waals surface area contributed by atoms with Crippen LogP contribution in [-0.4, -0.2) is 23.9 Å². The van der Waals surface area contributed by atoms with E-state index in [1.165, 1.54) is 22.3 Å². The van der Waals surface area contributed by atoms with Crippen LogP contribution < -0.4 is 21.9 Å². The zero-order valence-electron chi connectivity index (χ0n) is 31.0. The van der Waals surface area contributed by atoms with Gasteiger partial charge in [-0.25, -0.2) is 0 Å². The van der Waals surface area contributed by atoms with Gasteiger partial charge in [-0.3, -0.25) is 0 Å². The molecule has 0 unspecified atom stereocenters. The minimum Gasteiger partial charge on any atom is -0.443 e. The van der Waals surface area contributed by atoms with Crippen LogP contribution in [0.25, 0.3) is 43.1 Å². The van der Waals surface area contributed by atoms with E-state index in [0.717, 1.165) is 64.9 Å². The first-order valence-electron chi connectivity index (χ1n) is 17.6. The average Bonchev–Trinajstić information content (AvgIpc) is 2.99. The highest BCUT2D eigenvalue weighted by molar-refractivity contribution is 7.02. The van der Waals surface area contributed by atoms with E-state index in [1.807, 2.05) is 0 Å². The molecular formula is C44H50B2O2. The molecule has 48 heavy (non-hydrogen) atoms. The Labute approximate surface area is 287 Å². The van der Waals surface area contributed by atoms with E-state index in [2.05, 4.69) is 156 Å². The molecule has 0 atom stereocenters. The quantitative estimate of drug-likeness (QED) is 0.132. The molecule has 2 N–H and O–H groups in total. The predicted molar refractivity (Wildman–Crippen MR) is 212 cm³/mol. The van der Waals surface area contributed by atoms with Crippen molar-refractivity contribution in [2.75, 3.05) is 0 Å². The summed E-state index contributed by atoms with van der Waals surface area (Å²) in [5.74, 6) is 0. The largest absolute Gasteiger partial charge is 0.443 e. The Bertz CT molecular complexity index is 1980. The molecule has 7 rings (SSSR count). The summed E-state index contributed by atoms with van der Waals surface area (Å²) in [6.07, 6.45) is 0. The van der Waals surface area contributed by atoms with Crippen LogP contribution in [0.15, 0.2) is 72.8 Å². The van der Waals surface area contributed by atoms with Crippen molar-refractivity contribution in [3.8, 4) is 0 Å². The molecule has 0 aromatic heterocycles. The van der Waals surface area contributed by atoms with Crippen LogP contribution in [0, 0.1) is 0 Å².